The lowest BCUT2D eigenvalue weighted by Crippen LogP contribution is -2.29. The Labute approximate surface area is 130 Å². The lowest BCUT2D eigenvalue weighted by Gasteiger charge is -2.19. The summed E-state index contributed by atoms with van der Waals surface area (Å²) in [6.07, 6.45) is 0. The molecule has 0 aliphatic rings. The summed E-state index contributed by atoms with van der Waals surface area (Å²) in [5.74, 6) is 0.284. The van der Waals surface area contributed by atoms with E-state index in [0.29, 0.717) is 11.3 Å². The Bertz CT molecular complexity index is 607. The first kappa shape index (κ1) is 18.0. The van der Waals surface area contributed by atoms with Crippen LogP contribution in [-0.2, 0) is 14.8 Å². The highest BCUT2D eigenvalue weighted by atomic mass is 32.2. The van der Waals surface area contributed by atoms with Gasteiger partial charge in [-0.15, -0.1) is 11.8 Å². The molecule has 1 amide bonds. The van der Waals surface area contributed by atoms with E-state index in [1.807, 2.05) is 27.7 Å². The van der Waals surface area contributed by atoms with Gasteiger partial charge in [-0.1, -0.05) is 32.9 Å². The van der Waals surface area contributed by atoms with E-state index < -0.39 is 10.0 Å². The van der Waals surface area contributed by atoms with E-state index >= 15 is 0 Å². The zero-order valence-electron chi connectivity index (χ0n) is 12.7. The Morgan fingerprint density at radius 2 is 2.00 bits per heavy atom. The van der Waals surface area contributed by atoms with Crippen LogP contribution in [0.15, 0.2) is 29.2 Å². The smallest absolute Gasteiger partial charge is 0.238 e. The van der Waals surface area contributed by atoms with Crippen LogP contribution in [0.1, 0.15) is 39.3 Å². The van der Waals surface area contributed by atoms with Crippen LogP contribution < -0.4 is 10.5 Å². The number of nitrogens with one attached hydrogen (secondary N) is 1. The van der Waals surface area contributed by atoms with Crippen molar-refractivity contribution >= 4 is 27.7 Å². The average Bonchev–Trinajstić information content (AvgIpc) is 2.34. The molecule has 1 aromatic carbocycles. The topological polar surface area (TPSA) is 89.3 Å². The third-order valence-corrected chi connectivity index (χ3v) is 4.88. The van der Waals surface area contributed by atoms with Crippen LogP contribution in [0, 0.1) is 0 Å². The number of carbonyl (C=O) groups excluding carboxylic acids is 1. The number of hydrogen-bond donors (Lipinski definition) is 2. The van der Waals surface area contributed by atoms with Crippen molar-refractivity contribution in [3.8, 4) is 0 Å². The van der Waals surface area contributed by atoms with Gasteiger partial charge >= 0.3 is 0 Å². The Morgan fingerprint density at radius 3 is 2.52 bits per heavy atom. The van der Waals surface area contributed by atoms with E-state index in [9.17, 15) is 13.2 Å². The summed E-state index contributed by atoms with van der Waals surface area (Å²) in [5, 5.41) is 7.96. The highest BCUT2D eigenvalue weighted by molar-refractivity contribution is 8.01. The van der Waals surface area contributed by atoms with E-state index in [2.05, 4.69) is 5.32 Å². The molecule has 21 heavy (non-hydrogen) atoms. The fourth-order valence-corrected chi connectivity index (χ4v) is 2.83. The van der Waals surface area contributed by atoms with Gasteiger partial charge in [0, 0.05) is 4.75 Å². The molecule has 1 rings (SSSR count). The largest absolute Gasteiger partial charge is 0.349 e. The van der Waals surface area contributed by atoms with E-state index in [-0.39, 0.29) is 21.6 Å². The number of primary sulfonamides is 1. The number of amides is 1. The molecular formula is C14H22N2O3S2. The van der Waals surface area contributed by atoms with E-state index in [1.54, 1.807) is 23.9 Å². The average molecular weight is 330 g/mol. The molecule has 5 nitrogen and oxygen atoms in total. The lowest BCUT2D eigenvalue weighted by molar-refractivity contribution is -0.119. The van der Waals surface area contributed by atoms with Crippen molar-refractivity contribution in [2.45, 2.75) is 43.4 Å². The first-order chi connectivity index (χ1) is 9.49. The predicted octanol–water partition coefficient (Wildman–Crippen LogP) is 2.04. The summed E-state index contributed by atoms with van der Waals surface area (Å²) in [4.78, 5) is 11.9. The quantitative estimate of drug-likeness (QED) is 0.864. The zero-order chi connectivity index (χ0) is 16.3. The van der Waals surface area contributed by atoms with Crippen LogP contribution in [0.25, 0.3) is 0 Å². The summed E-state index contributed by atoms with van der Waals surface area (Å²) < 4.78 is 22.7. The van der Waals surface area contributed by atoms with Crippen molar-refractivity contribution in [2.75, 3.05) is 5.75 Å². The second kappa shape index (κ2) is 6.81. The van der Waals surface area contributed by atoms with Crippen molar-refractivity contribution in [1.29, 1.82) is 0 Å². The molecular weight excluding hydrogens is 308 g/mol. The van der Waals surface area contributed by atoms with Gasteiger partial charge < -0.3 is 5.32 Å². The molecule has 0 aliphatic heterocycles. The van der Waals surface area contributed by atoms with Gasteiger partial charge in [-0.05, 0) is 24.6 Å². The maximum Gasteiger partial charge on any atom is 0.238 e. The maximum absolute atomic E-state index is 11.9. The number of rotatable bonds is 5. The molecule has 1 atom stereocenters. The summed E-state index contributed by atoms with van der Waals surface area (Å²) in [5.41, 5.74) is 0.704. The van der Waals surface area contributed by atoms with Crippen LogP contribution in [-0.4, -0.2) is 24.8 Å². The number of nitrogens with two attached hydrogens (primary N) is 1. The van der Waals surface area contributed by atoms with Crippen LogP contribution >= 0.6 is 11.8 Å². The monoisotopic (exact) mass is 330 g/mol. The first-order valence-electron chi connectivity index (χ1n) is 6.55. The Kier molecular flexibility index (Phi) is 5.83. The van der Waals surface area contributed by atoms with Gasteiger partial charge in [-0.3, -0.25) is 4.79 Å². The Balaban J connectivity index is 2.72. The second-order valence-corrected chi connectivity index (χ2v) is 9.17. The first-order valence-corrected chi connectivity index (χ1v) is 9.08. The number of thioether (sulfide) groups is 1. The van der Waals surface area contributed by atoms with Crippen molar-refractivity contribution in [3.63, 3.8) is 0 Å². The number of carbonyl (C=O) groups is 1. The molecule has 118 valence electrons. The highest BCUT2D eigenvalue weighted by Crippen LogP contribution is 2.23. The summed E-state index contributed by atoms with van der Waals surface area (Å²) in [6, 6.07) is 6.01. The molecule has 0 fully saturated rings. The minimum atomic E-state index is -3.73. The maximum atomic E-state index is 11.9. The summed E-state index contributed by atoms with van der Waals surface area (Å²) >= 11 is 1.56. The van der Waals surface area contributed by atoms with Crippen molar-refractivity contribution < 1.29 is 13.2 Å². The minimum absolute atomic E-state index is 0.0219. The molecule has 0 saturated carbocycles. The SMILES string of the molecule is CC(NC(=O)CSC(C)(C)C)c1cccc(S(N)(=O)=O)c1. The molecule has 1 unspecified atom stereocenters. The third-order valence-electron chi connectivity index (χ3n) is 2.70. The molecule has 0 spiro atoms. The van der Waals surface area contributed by atoms with Gasteiger partial charge in [0.15, 0.2) is 0 Å². The third kappa shape index (κ3) is 6.50. The molecule has 0 radical (unpaired) electrons. The number of benzene rings is 1. The highest BCUT2D eigenvalue weighted by Gasteiger charge is 2.16. The van der Waals surface area contributed by atoms with Crippen LogP contribution in [0.4, 0.5) is 0 Å². The van der Waals surface area contributed by atoms with Gasteiger partial charge in [0.2, 0.25) is 15.9 Å². The molecule has 0 aliphatic carbocycles. The van der Waals surface area contributed by atoms with Gasteiger partial charge in [0.25, 0.3) is 0 Å². The molecule has 3 N–H and O–H groups in total. The van der Waals surface area contributed by atoms with Gasteiger partial charge in [-0.25, -0.2) is 13.6 Å². The fourth-order valence-electron chi connectivity index (χ4n) is 1.61. The van der Waals surface area contributed by atoms with Crippen LogP contribution in [0.3, 0.4) is 0 Å². The minimum Gasteiger partial charge on any atom is -0.349 e. The van der Waals surface area contributed by atoms with Gasteiger partial charge in [-0.2, -0.15) is 0 Å². The summed E-state index contributed by atoms with van der Waals surface area (Å²) in [6.45, 7) is 7.94. The van der Waals surface area contributed by atoms with Gasteiger partial charge in [0.1, 0.15) is 0 Å². The Morgan fingerprint density at radius 1 is 1.38 bits per heavy atom. The molecule has 1 aromatic rings. The second-order valence-electron chi connectivity index (χ2n) is 5.81. The van der Waals surface area contributed by atoms with E-state index in [4.69, 9.17) is 5.14 Å². The fraction of sp³-hybridized carbons (Fsp3) is 0.500. The van der Waals surface area contributed by atoms with Crippen molar-refractivity contribution in [3.05, 3.63) is 29.8 Å². The molecule has 7 heteroatoms. The van der Waals surface area contributed by atoms with E-state index in [0.717, 1.165) is 0 Å². The zero-order valence-corrected chi connectivity index (χ0v) is 14.3. The van der Waals surface area contributed by atoms with Gasteiger partial charge in [0.05, 0.1) is 16.7 Å². The molecule has 0 aromatic heterocycles. The Hall–Kier alpha value is -1.05. The van der Waals surface area contributed by atoms with Crippen molar-refractivity contribution in [1.82, 2.24) is 5.32 Å². The van der Waals surface area contributed by atoms with Crippen LogP contribution in [0.5, 0.6) is 0 Å². The number of hydrogen-bond acceptors (Lipinski definition) is 4. The number of sulfonamides is 1. The predicted molar refractivity (Wildman–Crippen MR) is 86.6 cm³/mol. The normalized spacial score (nSPS) is 13.8. The van der Waals surface area contributed by atoms with Crippen molar-refractivity contribution in [2.24, 2.45) is 5.14 Å². The molecule has 0 bridgehead atoms. The van der Waals surface area contributed by atoms with E-state index in [1.165, 1.54) is 12.1 Å². The van der Waals surface area contributed by atoms with Crippen LogP contribution in [0.2, 0.25) is 0 Å². The summed E-state index contributed by atoms with van der Waals surface area (Å²) in [7, 11) is -3.73. The standard InChI is InChI=1S/C14H22N2O3S2/c1-10(16-13(17)9-20-14(2,3)4)11-6-5-7-12(8-11)21(15,18)19/h5-8,10H,9H2,1-4H3,(H,16,17)(H2,15,18,19). The molecule has 0 saturated heterocycles. The molecule has 0 heterocycles. The lowest BCUT2D eigenvalue weighted by atomic mass is 10.1.